The summed E-state index contributed by atoms with van der Waals surface area (Å²) in [5.41, 5.74) is 1.99. The van der Waals surface area contributed by atoms with E-state index in [4.69, 9.17) is 37.6 Å². The number of unbranched alkanes of at least 4 members (excludes halogenated alkanes) is 3. The van der Waals surface area contributed by atoms with Gasteiger partial charge in [-0.1, -0.05) is 91.1 Å². The van der Waals surface area contributed by atoms with Crippen LogP contribution in [0.2, 0.25) is 6.04 Å². The van der Waals surface area contributed by atoms with Crippen LogP contribution in [0.15, 0.2) is 91.1 Å². The number of hydrogen-bond donors (Lipinski definition) is 14. The van der Waals surface area contributed by atoms with Gasteiger partial charge < -0.3 is 126 Å². The molecule has 0 atom stereocenters. The van der Waals surface area contributed by atoms with E-state index >= 15 is 0 Å². The molecule has 0 aliphatic heterocycles. The van der Waals surface area contributed by atoms with Crippen molar-refractivity contribution in [2.45, 2.75) is 113 Å². The van der Waals surface area contributed by atoms with Crippen molar-refractivity contribution in [1.29, 1.82) is 0 Å². The van der Waals surface area contributed by atoms with Crippen LogP contribution in [0.3, 0.4) is 0 Å². The maximum Gasteiger partial charge on any atom is 0.364 e. The number of carbonyl (C=O) groups excluding carboxylic acids is 13. The second kappa shape index (κ2) is 76.2. The van der Waals surface area contributed by atoms with Crippen molar-refractivity contribution < 1.29 is 115 Å². The normalized spacial score (nSPS) is 10.1. The molecule has 40 nitrogen and oxygen atoms in total. The Morgan fingerprint density at radius 1 is 0.358 bits per heavy atom. The number of ether oxygens (including phenoxy) is 5. The van der Waals surface area contributed by atoms with Crippen molar-refractivity contribution in [3.05, 3.63) is 91.1 Å². The van der Waals surface area contributed by atoms with Gasteiger partial charge in [0.2, 0.25) is 0 Å². The second-order valence-electron chi connectivity index (χ2n) is 25.8. The number of aliphatic hydroxyl groups excluding tert-OH is 2. The Labute approximate surface area is 715 Å². The van der Waals surface area contributed by atoms with Gasteiger partial charge in [0.25, 0.3) is 0 Å². The fraction of sp³-hybridized carbons (Fsp3) is 0.628. The van der Waals surface area contributed by atoms with Crippen LogP contribution in [0.25, 0.3) is 0 Å². The molecule has 0 spiro atoms. The number of carbonyl (C=O) groups is 13. The molecule has 0 fully saturated rings. The van der Waals surface area contributed by atoms with E-state index in [9.17, 15) is 67.4 Å². The van der Waals surface area contributed by atoms with Crippen LogP contribution in [0.4, 0.5) is 44.0 Å². The van der Waals surface area contributed by atoms with Gasteiger partial charge in [0.05, 0.1) is 53.2 Å². The van der Waals surface area contributed by atoms with Crippen molar-refractivity contribution in [3.8, 4) is 0 Å². The molecule has 0 heterocycles. The van der Waals surface area contributed by atoms with Gasteiger partial charge in [0.15, 0.2) is 0 Å². The van der Waals surface area contributed by atoms with E-state index in [1.807, 2.05) is 39.0 Å². The molecule has 1 aromatic carbocycles. The number of benzene rings is 1. The lowest BCUT2D eigenvalue weighted by atomic mass is 10.3. The zero-order valence-corrected chi connectivity index (χ0v) is 74.8. The number of amides is 16. The lowest BCUT2D eigenvalue weighted by Crippen LogP contribution is -2.50. The maximum absolute atomic E-state index is 13.0. The number of rotatable bonds is 56. The van der Waals surface area contributed by atoms with E-state index in [1.165, 1.54) is 65.9 Å². The Bertz CT molecular complexity index is 3170. The molecule has 0 saturated heterocycles. The molecule has 0 radical (unpaired) electrons. The van der Waals surface area contributed by atoms with Gasteiger partial charge >= 0.3 is 86.7 Å². The van der Waals surface area contributed by atoms with Crippen molar-refractivity contribution in [2.75, 3.05) is 217 Å². The first-order valence-electron chi connectivity index (χ1n) is 39.5. The van der Waals surface area contributed by atoms with E-state index in [2.05, 4.69) is 114 Å². The molecular weight excluding hydrogens is 1610 g/mol. The molecule has 0 aromatic heterocycles. The highest BCUT2D eigenvalue weighted by molar-refractivity contribution is 7.80. The zero-order chi connectivity index (χ0) is 91.5. The number of esters is 5. The van der Waals surface area contributed by atoms with Crippen LogP contribution >= 0.6 is 12.6 Å². The third-order valence-corrected chi connectivity index (χ3v) is 19.1. The number of aliphatic hydroxyl groups is 2. The molecule has 120 heavy (non-hydrogen) atoms. The molecule has 16 amide bonds. The first kappa shape index (κ1) is 116. The van der Waals surface area contributed by atoms with Gasteiger partial charge in [-0.2, -0.15) is 12.6 Å². The largest absolute Gasteiger partial charge is 0.460 e. The van der Waals surface area contributed by atoms with Crippen molar-refractivity contribution >= 4 is 105 Å². The number of nitrogens with one attached hydrogen (secondary N) is 11. The number of para-hydroxylation sites is 1. The SMILES string of the molecule is C=C(C)C(=O)OCCNC(=O)NCCN(CCC[Si](CO)(OC)OC)C(=O)NCCCS.C=C(C)C(=O)OCCNC(=O)NCCN(CCN(CCCC)C(=O)NCCCC)C(=O)NCCOC(=O)C(=C)C.C=C(C)C(=O)OCCNC(=O)NCCN(CCN(CCCC)C(=O)Nc1ccccc1)C(=O)NCCOC(=O)C(=C)C.CO.COOC. The maximum atomic E-state index is 13.0. The predicted octanol–water partition coefficient (Wildman–Crippen LogP) is 5.21. The van der Waals surface area contributed by atoms with Gasteiger partial charge in [0.1, 0.15) is 33.0 Å². The number of urea groups is 8. The van der Waals surface area contributed by atoms with Crippen molar-refractivity contribution in [3.63, 3.8) is 0 Å². The summed E-state index contributed by atoms with van der Waals surface area (Å²) in [5.74, 6) is -2.03. The van der Waals surface area contributed by atoms with Crippen LogP contribution < -0.4 is 58.5 Å². The summed E-state index contributed by atoms with van der Waals surface area (Å²) in [4.78, 5) is 173. The number of hydrogen-bond acceptors (Lipinski definition) is 25. The first-order valence-corrected chi connectivity index (χ1v) is 42.3. The molecule has 0 bridgehead atoms. The van der Waals surface area contributed by atoms with Gasteiger partial charge in [-0.3, -0.25) is 0 Å². The quantitative estimate of drug-likeness (QED) is 0.00581. The fourth-order valence-electron chi connectivity index (χ4n) is 8.85. The smallest absolute Gasteiger partial charge is 0.364 e. The van der Waals surface area contributed by atoms with Crippen LogP contribution in [0, 0.1) is 0 Å². The van der Waals surface area contributed by atoms with E-state index in [0.29, 0.717) is 69.7 Å². The van der Waals surface area contributed by atoms with E-state index in [0.717, 1.165) is 52.1 Å². The molecule has 0 aliphatic rings. The highest BCUT2D eigenvalue weighted by atomic mass is 32.1. The fourth-order valence-corrected chi connectivity index (χ4v) is 10.7. The number of thiol groups is 1. The molecule has 1 rings (SSSR count). The van der Waals surface area contributed by atoms with E-state index < -0.39 is 68.6 Å². The number of nitrogens with zero attached hydrogens (tertiary/aromatic N) is 5. The van der Waals surface area contributed by atoms with Crippen LogP contribution in [-0.4, -0.2) is 333 Å². The highest BCUT2D eigenvalue weighted by Crippen LogP contribution is 2.15. The molecule has 42 heteroatoms. The Morgan fingerprint density at radius 3 is 0.908 bits per heavy atom. The summed E-state index contributed by atoms with van der Waals surface area (Å²) in [7, 11) is 4.27. The Kier molecular flexibility index (Phi) is 73.7. The zero-order valence-electron chi connectivity index (χ0n) is 72.9. The minimum atomic E-state index is -2.67. The Morgan fingerprint density at radius 2 is 0.625 bits per heavy atom. The third kappa shape index (κ3) is 62.9. The molecule has 686 valence electrons. The summed E-state index contributed by atoms with van der Waals surface area (Å²) in [6.07, 6.45) is 6.40. The summed E-state index contributed by atoms with van der Waals surface area (Å²) in [6, 6.07) is 6.59. The number of anilines is 1. The molecule has 0 saturated carbocycles. The van der Waals surface area contributed by atoms with Gasteiger partial charge in [-0.05, 0) is 90.7 Å². The predicted molar refractivity (Wildman–Crippen MR) is 462 cm³/mol. The van der Waals surface area contributed by atoms with Crippen molar-refractivity contribution in [1.82, 2.24) is 77.7 Å². The molecule has 0 aliphatic carbocycles. The topological polar surface area (TPSA) is 494 Å². The van der Waals surface area contributed by atoms with Crippen LogP contribution in [-0.2, 0) is 66.3 Å². The summed E-state index contributed by atoms with van der Waals surface area (Å²) < 4.78 is 35.5. The standard InChI is InChI=1S/C29H44N6O7.C27H48N6O7.C19H38N4O7SSi.C2H6O2.CH4O/c1-6-7-16-34(29(40)33-24-11-9-8-10-12-24)18-19-35(28(39)32-15-21-42-26(37)23(4)5)17-13-30-27(38)31-14-20-41-25(36)22(2)3;1-7-9-11-30-26(37)32(15-10-8-2)17-18-33(27(38)31-14-20-40-24(35)22(5)6)16-12-28-25(36)29-13-19-39-23(34)21(3)4;1-16(2)17(25)30-12-9-21-18(26)20-8-11-23(19(27)22-7-5-13-31)10-6-14-32(15-24,28-3)29-4;1-3-4-2;1-2/h8-12H,2,4,6-7,13-21H2,1,3,5H3,(H,32,39)(H,33,40)(H2,30,31,38);3,5,7-20H2,1-2,4,6H3,(H,30,37)(H,31,38)(H2,28,29,36);24,31H,1,5-15H2,2-4H3,(H,22,27)(H2,20,21,26);1-2H3;2H,1H3. The Hall–Kier alpha value is -10.2. The monoisotopic (exact) mass is 1740 g/mol. The summed E-state index contributed by atoms with van der Waals surface area (Å²) in [5, 5.41) is 46.2. The highest BCUT2D eigenvalue weighted by Gasteiger charge is 2.35. The molecular formula is C78H140N16O24SSi. The lowest BCUT2D eigenvalue weighted by Gasteiger charge is -2.28. The summed E-state index contributed by atoms with van der Waals surface area (Å²) in [6.45, 7) is 36.3. The first-order chi connectivity index (χ1) is 57.2. The minimum Gasteiger partial charge on any atom is -0.460 e. The lowest BCUT2D eigenvalue weighted by molar-refractivity contribution is -0.248. The van der Waals surface area contributed by atoms with Gasteiger partial charge in [0, 0.05) is 153 Å². The third-order valence-electron chi connectivity index (χ3n) is 15.7. The minimum absolute atomic E-state index is 0.00247. The average molecular weight is 1750 g/mol. The summed E-state index contributed by atoms with van der Waals surface area (Å²) >= 11 is 4.13. The molecule has 0 unspecified atom stereocenters. The van der Waals surface area contributed by atoms with Crippen LogP contribution in [0.1, 0.15) is 107 Å². The van der Waals surface area contributed by atoms with Crippen molar-refractivity contribution in [2.24, 2.45) is 0 Å². The van der Waals surface area contributed by atoms with E-state index in [1.54, 1.807) is 33.8 Å². The van der Waals surface area contributed by atoms with Gasteiger partial charge in [-0.25, -0.2) is 72.1 Å². The Balaban J connectivity index is -0.000000819. The van der Waals surface area contributed by atoms with Crippen LogP contribution in [0.5, 0.6) is 0 Å². The van der Waals surface area contributed by atoms with Gasteiger partial charge in [-0.15, -0.1) is 0 Å². The second-order valence-corrected chi connectivity index (χ2v) is 29.7. The van der Waals surface area contributed by atoms with E-state index in [-0.39, 0.29) is 170 Å². The molecule has 1 aromatic rings. The molecule has 13 N–H and O–H groups in total. The average Bonchev–Trinajstić information content (AvgIpc) is 0.887.